The van der Waals surface area contributed by atoms with Crippen LogP contribution in [0.4, 0.5) is 5.69 Å². The van der Waals surface area contributed by atoms with Gasteiger partial charge in [-0.1, -0.05) is 57.4 Å². The number of nitrogens with zero attached hydrogens (tertiary/aromatic N) is 2. The Labute approximate surface area is 282 Å². The minimum absolute atomic E-state index is 0.119. The van der Waals surface area contributed by atoms with Crippen LogP contribution in [0, 0.1) is 30.6 Å². The smallest absolute Gasteiger partial charge is 0.254 e. The molecule has 6 unspecified atom stereocenters. The van der Waals surface area contributed by atoms with Crippen molar-refractivity contribution in [3.8, 4) is 17.2 Å². The minimum atomic E-state index is -1.92. The van der Waals surface area contributed by atoms with Gasteiger partial charge in [-0.25, -0.2) is 4.90 Å². The van der Waals surface area contributed by atoms with Gasteiger partial charge in [0, 0.05) is 10.9 Å². The van der Waals surface area contributed by atoms with Gasteiger partial charge in [0.05, 0.1) is 37.2 Å². The van der Waals surface area contributed by atoms with Crippen molar-refractivity contribution < 1.29 is 33.8 Å². The molecule has 2 saturated heterocycles. The highest BCUT2D eigenvalue weighted by molar-refractivity contribution is 9.09. The Morgan fingerprint density at radius 2 is 1.69 bits per heavy atom. The van der Waals surface area contributed by atoms with E-state index in [1.807, 2.05) is 13.0 Å². The van der Waals surface area contributed by atoms with E-state index in [-0.39, 0.29) is 41.5 Å². The van der Waals surface area contributed by atoms with Crippen LogP contribution in [0.25, 0.3) is 6.08 Å². The molecule has 4 amide bonds. The summed E-state index contributed by atoms with van der Waals surface area (Å²) in [5.74, 6) is -5.12. The number of aryl methyl sites for hydroxylation is 1. The number of hydrogen-bond acceptors (Lipinski definition) is 7. The summed E-state index contributed by atoms with van der Waals surface area (Å²) < 4.78 is 10.6. The number of anilines is 1. The van der Waals surface area contributed by atoms with E-state index in [0.29, 0.717) is 21.8 Å². The number of phenolic OH excluding ortho intramolecular Hbond substituents is 1. The lowest BCUT2D eigenvalue weighted by atomic mass is 9.57. The summed E-state index contributed by atoms with van der Waals surface area (Å²) in [6.45, 7) is 1.82. The van der Waals surface area contributed by atoms with E-state index in [0.717, 1.165) is 15.4 Å². The third kappa shape index (κ3) is 4.47. The molecule has 1 saturated carbocycles. The lowest BCUT2D eigenvalue weighted by molar-refractivity contribution is -0.138. The van der Waals surface area contributed by atoms with Crippen LogP contribution in [0.3, 0.4) is 0 Å². The molecule has 13 heteroatoms. The van der Waals surface area contributed by atoms with E-state index < -0.39 is 51.1 Å². The summed E-state index contributed by atoms with van der Waals surface area (Å²) >= 11 is 24.0. The number of methoxy groups -OCH3 is 2. The largest absolute Gasteiger partial charge is 0.502 e. The summed E-state index contributed by atoms with van der Waals surface area (Å²) in [4.78, 5) is 53.8. The first kappa shape index (κ1) is 31.9. The highest BCUT2D eigenvalue weighted by atomic mass is 79.9. The maximum atomic E-state index is 14.1. The first-order valence-electron chi connectivity index (χ1n) is 14.1. The van der Waals surface area contributed by atoms with Crippen molar-refractivity contribution in [3.05, 3.63) is 64.2 Å². The number of rotatable bonds is 6. The fourth-order valence-electron chi connectivity index (χ4n) is 7.19. The molecular formula is C32H28BrCl3N2O7. The molecule has 236 valence electrons. The second kappa shape index (κ2) is 11.3. The fourth-order valence-corrected chi connectivity index (χ4v) is 8.75. The first-order chi connectivity index (χ1) is 21.3. The lowest BCUT2D eigenvalue weighted by Gasteiger charge is -2.49. The predicted octanol–water partition coefficient (Wildman–Crippen LogP) is 5.83. The van der Waals surface area contributed by atoms with Crippen molar-refractivity contribution in [2.24, 2.45) is 23.7 Å². The molecule has 9 nitrogen and oxygen atoms in total. The van der Waals surface area contributed by atoms with Gasteiger partial charge in [-0.2, -0.15) is 0 Å². The number of aromatic hydroxyl groups is 1. The van der Waals surface area contributed by atoms with Crippen molar-refractivity contribution in [2.75, 3.05) is 24.6 Å². The standard InChI is InChI=1S/C32H28BrCl3N2O7/c1-15-4-6-17(12-22(15)34)38-27(40)19-8-7-18-20(25(19)28(38)41)13-31(35)29(42)37(14-33)30(43)32(31,36)21(18)9-5-16-10-23(44-2)26(39)24(11-16)45-3/h4-7,9-12,19-21,25,39H,8,13-14H2,1-3H3. The zero-order chi connectivity index (χ0) is 32.6. The highest BCUT2D eigenvalue weighted by Gasteiger charge is 2.75. The van der Waals surface area contributed by atoms with Crippen LogP contribution in [0.15, 0.2) is 48.1 Å². The van der Waals surface area contributed by atoms with Crippen molar-refractivity contribution in [1.29, 1.82) is 0 Å². The molecular weight excluding hydrogens is 711 g/mol. The maximum absolute atomic E-state index is 14.1. The SMILES string of the molecule is COc1cc(C=CC2C3=CCC4C(=O)N(c5ccc(C)c(Cl)c5)C(=O)C4C3CC3(Cl)C(=O)N(CBr)C(=O)C23Cl)cc(OC)c1O. The third-order valence-corrected chi connectivity index (χ3v) is 11.8. The second-order valence-electron chi connectivity index (χ2n) is 11.6. The molecule has 2 aliphatic heterocycles. The number of hydrogen-bond donors (Lipinski definition) is 1. The Hall–Kier alpha value is -3.05. The molecule has 6 rings (SSSR count). The Balaban J connectivity index is 1.47. The highest BCUT2D eigenvalue weighted by Crippen LogP contribution is 2.63. The molecule has 0 aromatic heterocycles. The van der Waals surface area contributed by atoms with E-state index in [1.165, 1.54) is 14.2 Å². The number of phenols is 1. The van der Waals surface area contributed by atoms with E-state index in [2.05, 4.69) is 15.9 Å². The topological polar surface area (TPSA) is 113 Å². The molecule has 2 aliphatic carbocycles. The van der Waals surface area contributed by atoms with Crippen LogP contribution < -0.4 is 14.4 Å². The van der Waals surface area contributed by atoms with Gasteiger partial charge in [0.25, 0.3) is 11.8 Å². The summed E-state index contributed by atoms with van der Waals surface area (Å²) in [5, 5.41) is 10.8. The number of allylic oxidation sites excluding steroid dienone is 3. The summed E-state index contributed by atoms with van der Waals surface area (Å²) in [7, 11) is 2.80. The molecule has 3 fully saturated rings. The minimum Gasteiger partial charge on any atom is -0.502 e. The second-order valence-corrected chi connectivity index (χ2v) is 13.8. The van der Waals surface area contributed by atoms with Gasteiger partial charge in [0.1, 0.15) is 0 Å². The van der Waals surface area contributed by atoms with E-state index >= 15 is 0 Å². The van der Waals surface area contributed by atoms with Gasteiger partial charge in [-0.05, 0) is 61.1 Å². The van der Waals surface area contributed by atoms with Crippen LogP contribution in [0.5, 0.6) is 17.2 Å². The van der Waals surface area contributed by atoms with Crippen molar-refractivity contribution in [1.82, 2.24) is 4.90 Å². The molecule has 0 bridgehead atoms. The first-order valence-corrected chi connectivity index (χ1v) is 16.4. The van der Waals surface area contributed by atoms with E-state index in [1.54, 1.807) is 42.5 Å². The summed E-state index contributed by atoms with van der Waals surface area (Å²) in [5.41, 5.74) is 2.24. The van der Waals surface area contributed by atoms with Crippen LogP contribution in [-0.4, -0.2) is 63.1 Å². The Kier molecular flexibility index (Phi) is 8.04. The van der Waals surface area contributed by atoms with Crippen LogP contribution >= 0.6 is 50.7 Å². The number of carbonyl (C=O) groups is 4. The van der Waals surface area contributed by atoms with Gasteiger partial charge in [-0.3, -0.25) is 24.1 Å². The number of amides is 4. The number of imide groups is 2. The monoisotopic (exact) mass is 736 g/mol. The van der Waals surface area contributed by atoms with Gasteiger partial charge in [-0.15, -0.1) is 23.2 Å². The van der Waals surface area contributed by atoms with Crippen LogP contribution in [0.1, 0.15) is 24.0 Å². The predicted molar refractivity (Wildman–Crippen MR) is 173 cm³/mol. The number of benzene rings is 2. The molecule has 1 N–H and O–H groups in total. The molecule has 2 heterocycles. The van der Waals surface area contributed by atoms with Gasteiger partial charge in [0.2, 0.25) is 17.6 Å². The average Bonchev–Trinajstić information content (AvgIpc) is 3.36. The summed E-state index contributed by atoms with van der Waals surface area (Å²) in [6.07, 6.45) is 5.31. The quantitative estimate of drug-likeness (QED) is 0.172. The number of halogens is 4. The molecule has 4 aliphatic rings. The Morgan fingerprint density at radius 1 is 1.02 bits per heavy atom. The zero-order valence-corrected chi connectivity index (χ0v) is 28.2. The van der Waals surface area contributed by atoms with Crippen molar-refractivity contribution in [3.63, 3.8) is 0 Å². The van der Waals surface area contributed by atoms with E-state index in [4.69, 9.17) is 44.3 Å². The van der Waals surface area contributed by atoms with Gasteiger partial charge in [0.15, 0.2) is 21.2 Å². The van der Waals surface area contributed by atoms with Crippen molar-refractivity contribution in [2.45, 2.75) is 29.5 Å². The molecule has 2 aromatic carbocycles. The number of fused-ring (bicyclic) bond motifs is 4. The average molecular weight is 739 g/mol. The molecule has 0 radical (unpaired) electrons. The number of ether oxygens (including phenoxy) is 2. The molecule has 2 aromatic rings. The third-order valence-electron chi connectivity index (χ3n) is 9.47. The number of likely N-dealkylation sites (tertiary alicyclic amines) is 1. The normalized spacial score (nSPS) is 30.9. The van der Waals surface area contributed by atoms with Crippen LogP contribution in [-0.2, 0) is 19.2 Å². The number of carbonyl (C=O) groups excluding carboxylic acids is 4. The zero-order valence-electron chi connectivity index (χ0n) is 24.4. The molecule has 45 heavy (non-hydrogen) atoms. The maximum Gasteiger partial charge on any atom is 0.254 e. The van der Waals surface area contributed by atoms with Crippen LogP contribution in [0.2, 0.25) is 5.02 Å². The van der Waals surface area contributed by atoms with Crippen molar-refractivity contribution >= 4 is 86.1 Å². The van der Waals surface area contributed by atoms with Gasteiger partial charge >= 0.3 is 0 Å². The summed E-state index contributed by atoms with van der Waals surface area (Å²) in [6, 6.07) is 8.15. The molecule has 0 spiro atoms. The van der Waals surface area contributed by atoms with E-state index in [9.17, 15) is 24.3 Å². The fraction of sp³-hybridized carbons (Fsp3) is 0.375. The molecule has 6 atom stereocenters. The Morgan fingerprint density at radius 3 is 2.29 bits per heavy atom. The van der Waals surface area contributed by atoms with Gasteiger partial charge < -0.3 is 14.6 Å². The lowest BCUT2D eigenvalue weighted by Crippen LogP contribution is -2.60. The number of alkyl halides is 3. The Bertz CT molecular complexity index is 1710.